The number of thiocarbonyl (C=S) groups is 1. The van der Waals surface area contributed by atoms with Gasteiger partial charge in [-0.05, 0) is 73.1 Å². The molecule has 0 saturated carbocycles. The van der Waals surface area contributed by atoms with Crippen LogP contribution in [0.25, 0.3) is 22.6 Å². The van der Waals surface area contributed by atoms with E-state index >= 15 is 0 Å². The number of aromatic hydroxyl groups is 1. The SMILES string of the molecule is CCc1ccc2oc(-c3cc(NC(=S)NC(=O)c4ccco4)cc(C)c3O)nc2c1. The summed E-state index contributed by atoms with van der Waals surface area (Å²) in [6, 6.07) is 12.4. The van der Waals surface area contributed by atoms with Gasteiger partial charge in [-0.15, -0.1) is 0 Å². The molecule has 0 radical (unpaired) electrons. The number of nitrogens with zero attached hydrogens (tertiary/aromatic N) is 1. The van der Waals surface area contributed by atoms with Crippen LogP contribution in [0, 0.1) is 6.92 Å². The first-order chi connectivity index (χ1) is 14.4. The van der Waals surface area contributed by atoms with Crippen molar-refractivity contribution in [3.8, 4) is 17.2 Å². The number of rotatable bonds is 4. The van der Waals surface area contributed by atoms with Crippen LogP contribution < -0.4 is 10.6 Å². The van der Waals surface area contributed by atoms with E-state index in [1.165, 1.54) is 12.3 Å². The molecule has 0 aliphatic carbocycles. The summed E-state index contributed by atoms with van der Waals surface area (Å²) >= 11 is 5.22. The van der Waals surface area contributed by atoms with E-state index < -0.39 is 5.91 Å². The minimum atomic E-state index is -0.459. The molecule has 152 valence electrons. The van der Waals surface area contributed by atoms with E-state index in [2.05, 4.69) is 22.5 Å². The van der Waals surface area contributed by atoms with Crippen molar-refractivity contribution in [3.63, 3.8) is 0 Å². The predicted molar refractivity (Wildman–Crippen MR) is 118 cm³/mol. The highest BCUT2D eigenvalue weighted by atomic mass is 32.1. The maximum atomic E-state index is 12.1. The molecule has 0 spiro atoms. The van der Waals surface area contributed by atoms with Gasteiger partial charge in [-0.25, -0.2) is 4.98 Å². The van der Waals surface area contributed by atoms with Gasteiger partial charge in [0.05, 0.1) is 11.8 Å². The number of anilines is 1. The average molecular weight is 421 g/mol. The number of nitrogens with one attached hydrogen (secondary N) is 2. The molecule has 3 N–H and O–H groups in total. The van der Waals surface area contributed by atoms with Crippen molar-refractivity contribution >= 4 is 40.0 Å². The number of fused-ring (bicyclic) bond motifs is 1. The molecule has 0 aliphatic rings. The Hall–Kier alpha value is -3.65. The summed E-state index contributed by atoms with van der Waals surface area (Å²) in [5.41, 5.74) is 4.11. The number of aryl methyl sites for hydroxylation is 2. The van der Waals surface area contributed by atoms with Gasteiger partial charge in [0, 0.05) is 5.69 Å². The molecule has 1 amide bonds. The molecule has 0 atom stereocenters. The average Bonchev–Trinajstić information content (AvgIpc) is 3.39. The maximum absolute atomic E-state index is 12.1. The third kappa shape index (κ3) is 3.90. The van der Waals surface area contributed by atoms with Crippen LogP contribution >= 0.6 is 12.2 Å². The summed E-state index contributed by atoms with van der Waals surface area (Å²) in [6.07, 6.45) is 2.30. The number of carbonyl (C=O) groups excluding carboxylic acids is 1. The predicted octanol–water partition coefficient (Wildman–Crippen LogP) is 4.79. The number of hydrogen-bond donors (Lipinski definition) is 3. The van der Waals surface area contributed by atoms with Gasteiger partial charge in [-0.3, -0.25) is 10.1 Å². The highest BCUT2D eigenvalue weighted by Gasteiger charge is 2.17. The van der Waals surface area contributed by atoms with Crippen molar-refractivity contribution in [3.05, 3.63) is 65.6 Å². The van der Waals surface area contributed by atoms with E-state index in [0.29, 0.717) is 28.3 Å². The van der Waals surface area contributed by atoms with E-state index in [0.717, 1.165) is 17.5 Å². The Labute approximate surface area is 177 Å². The van der Waals surface area contributed by atoms with Crippen LogP contribution in [0.3, 0.4) is 0 Å². The molecule has 2 aromatic carbocycles. The van der Waals surface area contributed by atoms with Crippen LogP contribution in [-0.4, -0.2) is 21.1 Å². The van der Waals surface area contributed by atoms with E-state index in [1.807, 2.05) is 18.2 Å². The van der Waals surface area contributed by atoms with Crippen molar-refractivity contribution in [2.24, 2.45) is 0 Å². The summed E-state index contributed by atoms with van der Waals surface area (Å²) in [4.78, 5) is 16.6. The van der Waals surface area contributed by atoms with Crippen LogP contribution in [0.1, 0.15) is 28.6 Å². The summed E-state index contributed by atoms with van der Waals surface area (Å²) in [6.45, 7) is 3.83. The third-order valence-corrected chi connectivity index (χ3v) is 4.83. The zero-order valence-corrected chi connectivity index (χ0v) is 17.2. The fourth-order valence-corrected chi connectivity index (χ4v) is 3.27. The number of furan rings is 1. The first-order valence-corrected chi connectivity index (χ1v) is 9.74. The summed E-state index contributed by atoms with van der Waals surface area (Å²) in [5.74, 6) is 0.0555. The second-order valence-electron chi connectivity index (χ2n) is 6.75. The Morgan fingerprint density at radius 3 is 2.80 bits per heavy atom. The Morgan fingerprint density at radius 1 is 1.23 bits per heavy atom. The fraction of sp³-hybridized carbons (Fsp3) is 0.136. The third-order valence-electron chi connectivity index (χ3n) is 4.62. The highest BCUT2D eigenvalue weighted by Crippen LogP contribution is 2.36. The van der Waals surface area contributed by atoms with Crippen LogP contribution in [0.2, 0.25) is 0 Å². The van der Waals surface area contributed by atoms with Crippen molar-refractivity contribution < 1.29 is 18.7 Å². The summed E-state index contributed by atoms with van der Waals surface area (Å²) < 4.78 is 10.9. The molecule has 2 aromatic heterocycles. The Bertz CT molecular complexity index is 1240. The first kappa shape index (κ1) is 19.7. The van der Waals surface area contributed by atoms with Gasteiger partial charge in [0.1, 0.15) is 11.3 Å². The highest BCUT2D eigenvalue weighted by molar-refractivity contribution is 7.80. The molecule has 0 unspecified atom stereocenters. The number of oxazole rings is 1. The lowest BCUT2D eigenvalue weighted by Crippen LogP contribution is -2.33. The molecule has 0 saturated heterocycles. The lowest BCUT2D eigenvalue weighted by molar-refractivity contribution is 0.0950. The quantitative estimate of drug-likeness (QED) is 0.322. The standard InChI is InChI=1S/C22H19N3O4S/c1-3-13-6-7-17-16(10-13)24-21(29-17)15-11-14(9-12(2)19(15)26)23-22(30)25-20(27)18-5-4-8-28-18/h4-11,26H,3H2,1-2H3,(H2,23,25,27,30). The van der Waals surface area contributed by atoms with Crippen molar-refractivity contribution in [1.82, 2.24) is 10.3 Å². The number of aromatic nitrogens is 1. The van der Waals surface area contributed by atoms with Crippen molar-refractivity contribution in [1.29, 1.82) is 0 Å². The molecular formula is C22H19N3O4S. The minimum Gasteiger partial charge on any atom is -0.507 e. The molecule has 0 fully saturated rings. The second-order valence-corrected chi connectivity index (χ2v) is 7.16. The van der Waals surface area contributed by atoms with Crippen molar-refractivity contribution in [2.75, 3.05) is 5.32 Å². The van der Waals surface area contributed by atoms with Gasteiger partial charge in [0.15, 0.2) is 16.5 Å². The molecule has 8 heteroatoms. The van der Waals surface area contributed by atoms with Gasteiger partial charge in [-0.1, -0.05) is 13.0 Å². The van der Waals surface area contributed by atoms with Gasteiger partial charge >= 0.3 is 0 Å². The fourth-order valence-electron chi connectivity index (χ4n) is 3.06. The lowest BCUT2D eigenvalue weighted by atomic mass is 10.1. The van der Waals surface area contributed by atoms with Crippen LogP contribution in [0.5, 0.6) is 5.75 Å². The van der Waals surface area contributed by atoms with Crippen LogP contribution in [0.4, 0.5) is 5.69 Å². The normalized spacial score (nSPS) is 10.9. The van der Waals surface area contributed by atoms with Crippen molar-refractivity contribution in [2.45, 2.75) is 20.3 Å². The summed E-state index contributed by atoms with van der Waals surface area (Å²) in [5, 5.41) is 16.1. The van der Waals surface area contributed by atoms with E-state index in [-0.39, 0.29) is 16.6 Å². The molecular weight excluding hydrogens is 402 g/mol. The Balaban J connectivity index is 1.61. The monoisotopic (exact) mass is 421 g/mol. The molecule has 2 heterocycles. The number of phenolic OH excluding ortho intramolecular Hbond substituents is 1. The topological polar surface area (TPSA) is 101 Å². The number of hydrogen-bond acceptors (Lipinski definition) is 6. The molecule has 30 heavy (non-hydrogen) atoms. The zero-order valence-electron chi connectivity index (χ0n) is 16.4. The smallest absolute Gasteiger partial charge is 0.293 e. The van der Waals surface area contributed by atoms with Gasteiger partial charge in [0.2, 0.25) is 5.89 Å². The number of carbonyl (C=O) groups is 1. The van der Waals surface area contributed by atoms with Crippen LogP contribution in [0.15, 0.2) is 57.6 Å². The molecule has 4 rings (SSSR count). The Morgan fingerprint density at radius 2 is 2.07 bits per heavy atom. The van der Waals surface area contributed by atoms with Crippen LogP contribution in [-0.2, 0) is 6.42 Å². The maximum Gasteiger partial charge on any atom is 0.293 e. The Kier molecular flexibility index (Phi) is 5.24. The van der Waals surface area contributed by atoms with Gasteiger partial charge in [0.25, 0.3) is 5.91 Å². The largest absolute Gasteiger partial charge is 0.507 e. The minimum absolute atomic E-state index is 0.0633. The van der Waals surface area contributed by atoms with Gasteiger partial charge < -0.3 is 19.3 Å². The number of benzene rings is 2. The van der Waals surface area contributed by atoms with E-state index in [4.69, 9.17) is 21.1 Å². The molecule has 0 aliphatic heterocycles. The zero-order chi connectivity index (χ0) is 21.3. The lowest BCUT2D eigenvalue weighted by Gasteiger charge is -2.12. The van der Waals surface area contributed by atoms with Gasteiger partial charge in [-0.2, -0.15) is 0 Å². The molecule has 0 bridgehead atoms. The molecule has 7 nitrogen and oxygen atoms in total. The second kappa shape index (κ2) is 8.00. The number of phenols is 1. The summed E-state index contributed by atoms with van der Waals surface area (Å²) in [7, 11) is 0. The van der Waals surface area contributed by atoms with E-state index in [9.17, 15) is 9.90 Å². The first-order valence-electron chi connectivity index (χ1n) is 9.34. The van der Waals surface area contributed by atoms with E-state index in [1.54, 1.807) is 25.1 Å². The molecule has 4 aromatic rings. The number of amides is 1.